The van der Waals surface area contributed by atoms with Crippen LogP contribution in [0, 0.1) is 11.3 Å². The molecule has 4 nitrogen and oxygen atoms in total. The summed E-state index contributed by atoms with van der Waals surface area (Å²) >= 11 is 1.64. The number of piperidine rings is 1. The van der Waals surface area contributed by atoms with Crippen molar-refractivity contribution in [3.8, 4) is 0 Å². The van der Waals surface area contributed by atoms with Crippen molar-refractivity contribution in [2.45, 2.75) is 39.0 Å². The van der Waals surface area contributed by atoms with Gasteiger partial charge in [0.2, 0.25) is 5.91 Å². The number of thiazole rings is 1. The quantitative estimate of drug-likeness (QED) is 0.894. The van der Waals surface area contributed by atoms with Crippen molar-refractivity contribution in [2.75, 3.05) is 18.4 Å². The maximum Gasteiger partial charge on any atom is 0.229 e. The smallest absolute Gasteiger partial charge is 0.229 e. The molecule has 1 aromatic heterocycles. The van der Waals surface area contributed by atoms with Crippen LogP contribution in [0.1, 0.15) is 43.9 Å². The molecule has 1 aliphatic heterocycles. The molecule has 104 valence electrons. The predicted molar refractivity (Wildman–Crippen MR) is 77.5 cm³/mol. The molecule has 1 saturated carbocycles. The summed E-state index contributed by atoms with van der Waals surface area (Å²) in [5.41, 5.74) is 0.180. The van der Waals surface area contributed by atoms with E-state index in [1.165, 1.54) is 17.7 Å². The lowest BCUT2D eigenvalue weighted by Crippen LogP contribution is -2.26. The maximum absolute atomic E-state index is 12.0. The summed E-state index contributed by atoms with van der Waals surface area (Å²) < 4.78 is 0. The number of anilines is 1. The molecule has 0 radical (unpaired) electrons. The van der Waals surface area contributed by atoms with E-state index in [0.29, 0.717) is 5.92 Å². The van der Waals surface area contributed by atoms with Gasteiger partial charge in [-0.2, -0.15) is 0 Å². The molecule has 1 aromatic rings. The molecule has 0 aromatic carbocycles. The average molecular weight is 279 g/mol. The molecular formula is C14H21N3OS. The summed E-state index contributed by atoms with van der Waals surface area (Å²) in [4.78, 5) is 17.7. The minimum absolute atomic E-state index is 0.135. The molecule has 3 rings (SSSR count). The number of rotatable bonds is 3. The largest absolute Gasteiger partial charge is 0.317 e. The van der Waals surface area contributed by atoms with Gasteiger partial charge in [-0.05, 0) is 43.7 Å². The first kappa shape index (κ1) is 13.1. The van der Waals surface area contributed by atoms with Gasteiger partial charge in [0.25, 0.3) is 0 Å². The van der Waals surface area contributed by atoms with E-state index in [1.807, 2.05) is 6.20 Å². The third-order valence-corrected chi connectivity index (χ3v) is 5.40. The monoisotopic (exact) mass is 279 g/mol. The van der Waals surface area contributed by atoms with E-state index in [1.54, 1.807) is 11.3 Å². The predicted octanol–water partition coefficient (Wildman–Crippen LogP) is 2.59. The second-order valence-electron chi connectivity index (χ2n) is 6.33. The third-order valence-electron chi connectivity index (χ3n) is 4.33. The van der Waals surface area contributed by atoms with Gasteiger partial charge in [-0.15, -0.1) is 11.3 Å². The number of amides is 1. The van der Waals surface area contributed by atoms with Gasteiger partial charge in [0.05, 0.1) is 0 Å². The standard InChI is InChI=1S/C14H21N3OS/c1-14(2)7-10(14)12(18)17-13-16-8-11(19-13)9-3-5-15-6-4-9/h8-10,15H,3-7H2,1-2H3,(H,16,17,18). The van der Waals surface area contributed by atoms with E-state index in [9.17, 15) is 4.79 Å². The highest BCUT2D eigenvalue weighted by molar-refractivity contribution is 7.15. The van der Waals surface area contributed by atoms with Crippen molar-refractivity contribution < 1.29 is 4.79 Å². The number of hydrogen-bond donors (Lipinski definition) is 2. The van der Waals surface area contributed by atoms with Gasteiger partial charge in [-0.1, -0.05) is 13.8 Å². The highest BCUT2D eigenvalue weighted by Gasteiger charge is 2.50. The first-order valence-corrected chi connectivity index (χ1v) is 7.85. The highest BCUT2D eigenvalue weighted by Crippen LogP contribution is 2.52. The Morgan fingerprint density at radius 2 is 2.16 bits per heavy atom. The van der Waals surface area contributed by atoms with Crippen LogP contribution in [-0.4, -0.2) is 24.0 Å². The molecule has 2 heterocycles. The number of nitrogens with one attached hydrogen (secondary N) is 2. The van der Waals surface area contributed by atoms with Crippen LogP contribution in [0.3, 0.4) is 0 Å². The molecule has 2 N–H and O–H groups in total. The van der Waals surface area contributed by atoms with Crippen molar-refractivity contribution >= 4 is 22.4 Å². The zero-order valence-electron chi connectivity index (χ0n) is 11.5. The Morgan fingerprint density at radius 1 is 1.47 bits per heavy atom. The lowest BCUT2D eigenvalue weighted by molar-refractivity contribution is -0.117. The van der Waals surface area contributed by atoms with Gasteiger partial charge in [0, 0.05) is 17.0 Å². The third kappa shape index (κ3) is 2.82. The molecular weight excluding hydrogens is 258 g/mol. The van der Waals surface area contributed by atoms with E-state index in [0.717, 1.165) is 24.6 Å². The van der Waals surface area contributed by atoms with Crippen LogP contribution in [0.25, 0.3) is 0 Å². The van der Waals surface area contributed by atoms with Crippen LogP contribution in [0.2, 0.25) is 0 Å². The van der Waals surface area contributed by atoms with Crippen LogP contribution in [0.15, 0.2) is 6.20 Å². The number of nitrogens with zero attached hydrogens (tertiary/aromatic N) is 1. The van der Waals surface area contributed by atoms with Crippen molar-refractivity contribution in [3.63, 3.8) is 0 Å². The van der Waals surface area contributed by atoms with E-state index >= 15 is 0 Å². The Hall–Kier alpha value is -0.940. The molecule has 1 amide bonds. The van der Waals surface area contributed by atoms with E-state index in [4.69, 9.17) is 0 Å². The van der Waals surface area contributed by atoms with Crippen molar-refractivity contribution in [3.05, 3.63) is 11.1 Å². The van der Waals surface area contributed by atoms with Gasteiger partial charge < -0.3 is 10.6 Å². The Labute approximate surface area is 118 Å². The Bertz CT molecular complexity index is 477. The lowest BCUT2D eigenvalue weighted by atomic mass is 9.97. The van der Waals surface area contributed by atoms with Gasteiger partial charge in [0.1, 0.15) is 0 Å². The zero-order chi connectivity index (χ0) is 13.5. The molecule has 1 unspecified atom stereocenters. The van der Waals surface area contributed by atoms with Gasteiger partial charge >= 0.3 is 0 Å². The van der Waals surface area contributed by atoms with E-state index in [-0.39, 0.29) is 17.2 Å². The zero-order valence-corrected chi connectivity index (χ0v) is 12.3. The minimum Gasteiger partial charge on any atom is -0.317 e. The number of aromatic nitrogens is 1. The Kier molecular flexibility index (Phi) is 3.35. The number of carbonyl (C=O) groups excluding carboxylic acids is 1. The molecule has 0 bridgehead atoms. The van der Waals surface area contributed by atoms with Crippen LogP contribution < -0.4 is 10.6 Å². The molecule has 1 aliphatic carbocycles. The SMILES string of the molecule is CC1(C)CC1C(=O)Nc1ncc(C2CCNCC2)s1. The van der Waals surface area contributed by atoms with E-state index < -0.39 is 0 Å². The van der Waals surface area contributed by atoms with Crippen LogP contribution >= 0.6 is 11.3 Å². The Balaban J connectivity index is 1.60. The minimum atomic E-state index is 0.135. The van der Waals surface area contributed by atoms with Gasteiger partial charge in [0.15, 0.2) is 5.13 Å². The first-order valence-electron chi connectivity index (χ1n) is 7.03. The van der Waals surface area contributed by atoms with Crippen molar-refractivity contribution in [1.29, 1.82) is 0 Å². The summed E-state index contributed by atoms with van der Waals surface area (Å²) in [6.45, 7) is 6.44. The topological polar surface area (TPSA) is 54.0 Å². The molecule has 5 heteroatoms. The molecule has 0 spiro atoms. The van der Waals surface area contributed by atoms with Crippen LogP contribution in [-0.2, 0) is 4.79 Å². The summed E-state index contributed by atoms with van der Waals surface area (Å²) in [6.07, 6.45) is 5.27. The second-order valence-corrected chi connectivity index (χ2v) is 7.39. The summed E-state index contributed by atoms with van der Waals surface area (Å²) in [7, 11) is 0. The second kappa shape index (κ2) is 4.87. The summed E-state index contributed by atoms with van der Waals surface area (Å²) in [5, 5.41) is 7.11. The summed E-state index contributed by atoms with van der Waals surface area (Å²) in [5.74, 6) is 0.914. The molecule has 2 fully saturated rings. The number of carbonyl (C=O) groups is 1. The molecule has 2 aliphatic rings. The maximum atomic E-state index is 12.0. The average Bonchev–Trinajstić information content (AvgIpc) is 2.84. The van der Waals surface area contributed by atoms with Crippen LogP contribution in [0.5, 0.6) is 0 Å². The normalized spacial score (nSPS) is 26.1. The fraction of sp³-hybridized carbons (Fsp3) is 0.714. The fourth-order valence-electron chi connectivity index (χ4n) is 2.75. The fourth-order valence-corrected chi connectivity index (χ4v) is 3.73. The van der Waals surface area contributed by atoms with E-state index in [2.05, 4.69) is 29.5 Å². The molecule has 1 atom stereocenters. The number of hydrogen-bond acceptors (Lipinski definition) is 4. The molecule has 19 heavy (non-hydrogen) atoms. The van der Waals surface area contributed by atoms with Crippen molar-refractivity contribution in [2.24, 2.45) is 11.3 Å². The van der Waals surface area contributed by atoms with Gasteiger partial charge in [-0.25, -0.2) is 4.98 Å². The Morgan fingerprint density at radius 3 is 2.79 bits per heavy atom. The first-order chi connectivity index (χ1) is 9.06. The molecule has 1 saturated heterocycles. The lowest BCUT2D eigenvalue weighted by Gasteiger charge is -2.20. The van der Waals surface area contributed by atoms with Gasteiger partial charge in [-0.3, -0.25) is 4.79 Å². The van der Waals surface area contributed by atoms with Crippen LogP contribution in [0.4, 0.5) is 5.13 Å². The summed E-state index contributed by atoms with van der Waals surface area (Å²) in [6, 6.07) is 0. The van der Waals surface area contributed by atoms with Crippen molar-refractivity contribution in [1.82, 2.24) is 10.3 Å². The highest BCUT2D eigenvalue weighted by atomic mass is 32.1.